The second-order valence-electron chi connectivity index (χ2n) is 6.41. The van der Waals surface area contributed by atoms with E-state index in [-0.39, 0.29) is 5.78 Å². The molecule has 1 aliphatic carbocycles. The van der Waals surface area contributed by atoms with E-state index in [1.54, 1.807) is 0 Å². The van der Waals surface area contributed by atoms with E-state index in [1.807, 2.05) is 30.5 Å². The summed E-state index contributed by atoms with van der Waals surface area (Å²) in [6.07, 6.45) is 6.14. The summed E-state index contributed by atoms with van der Waals surface area (Å²) >= 11 is 0. The highest BCUT2D eigenvalue weighted by molar-refractivity contribution is 5.92. The lowest BCUT2D eigenvalue weighted by Crippen LogP contribution is -2.24. The van der Waals surface area contributed by atoms with E-state index in [1.165, 1.54) is 5.56 Å². The fourth-order valence-corrected chi connectivity index (χ4v) is 3.34. The average Bonchev–Trinajstić information content (AvgIpc) is 2.66. The summed E-state index contributed by atoms with van der Waals surface area (Å²) in [6, 6.07) is 20.7. The normalized spacial score (nSPS) is 14.4. The highest BCUT2D eigenvalue weighted by Gasteiger charge is 2.18. The zero-order valence-corrected chi connectivity index (χ0v) is 14.1. The minimum Gasteiger partial charge on any atom is -0.341 e. The number of rotatable bonds is 4. The van der Waals surface area contributed by atoms with Crippen LogP contribution in [0.1, 0.15) is 24.8 Å². The predicted octanol–water partition coefficient (Wildman–Crippen LogP) is 4.88. The van der Waals surface area contributed by atoms with E-state index in [0.717, 1.165) is 41.7 Å². The molecule has 4 rings (SSSR count). The monoisotopic (exact) mass is 328 g/mol. The van der Waals surface area contributed by atoms with Crippen LogP contribution in [0.5, 0.6) is 0 Å². The van der Waals surface area contributed by atoms with Crippen LogP contribution in [0.25, 0.3) is 10.9 Å². The zero-order valence-electron chi connectivity index (χ0n) is 14.1. The van der Waals surface area contributed by atoms with Gasteiger partial charge in [-0.05, 0) is 42.7 Å². The summed E-state index contributed by atoms with van der Waals surface area (Å²) in [5.74, 6) is 0.224. The third-order valence-electron chi connectivity index (χ3n) is 4.61. The molecule has 1 aromatic heterocycles. The molecular formula is C22H20N2O. The molecule has 0 aliphatic heterocycles. The number of benzene rings is 2. The molecule has 3 nitrogen and oxygen atoms in total. The first-order valence-electron chi connectivity index (χ1n) is 8.69. The maximum atomic E-state index is 12.0. The molecular weight excluding hydrogens is 308 g/mol. The lowest BCUT2D eigenvalue weighted by atomic mass is 10.0. The standard InChI is InChI=1S/C22H20N2O/c25-21-10-4-9-19(15-21)24(16-17-6-2-1-3-7-17)20-11-12-22-18(14-20)8-5-13-23-22/h1-3,5-8,11-15H,4,9-10,16H2. The topological polar surface area (TPSA) is 33.2 Å². The van der Waals surface area contributed by atoms with Crippen LogP contribution in [-0.4, -0.2) is 10.8 Å². The van der Waals surface area contributed by atoms with Gasteiger partial charge in [-0.1, -0.05) is 36.4 Å². The lowest BCUT2D eigenvalue weighted by molar-refractivity contribution is -0.115. The van der Waals surface area contributed by atoms with Crippen LogP contribution in [-0.2, 0) is 11.3 Å². The molecule has 0 bridgehead atoms. The minimum atomic E-state index is 0.224. The van der Waals surface area contributed by atoms with Gasteiger partial charge in [0, 0.05) is 42.0 Å². The third-order valence-corrected chi connectivity index (χ3v) is 4.61. The van der Waals surface area contributed by atoms with Crippen LogP contribution in [0.15, 0.2) is 78.6 Å². The van der Waals surface area contributed by atoms with E-state index in [4.69, 9.17) is 0 Å². The summed E-state index contributed by atoms with van der Waals surface area (Å²) in [7, 11) is 0. The van der Waals surface area contributed by atoms with Crippen molar-refractivity contribution in [2.45, 2.75) is 25.8 Å². The van der Waals surface area contributed by atoms with Gasteiger partial charge in [-0.25, -0.2) is 0 Å². The number of pyridine rings is 1. The van der Waals surface area contributed by atoms with Crippen LogP contribution in [0.4, 0.5) is 5.69 Å². The molecule has 2 aromatic carbocycles. The van der Waals surface area contributed by atoms with E-state index in [0.29, 0.717) is 6.42 Å². The fraction of sp³-hybridized carbons (Fsp3) is 0.182. The van der Waals surface area contributed by atoms with E-state index in [2.05, 4.69) is 52.3 Å². The highest BCUT2D eigenvalue weighted by Crippen LogP contribution is 2.29. The summed E-state index contributed by atoms with van der Waals surface area (Å²) in [6.45, 7) is 0.756. The van der Waals surface area contributed by atoms with Gasteiger partial charge in [-0.15, -0.1) is 0 Å². The first-order chi connectivity index (χ1) is 12.3. The Morgan fingerprint density at radius 3 is 2.68 bits per heavy atom. The molecule has 124 valence electrons. The lowest BCUT2D eigenvalue weighted by Gasteiger charge is -2.29. The molecule has 3 heteroatoms. The average molecular weight is 328 g/mol. The maximum Gasteiger partial charge on any atom is 0.157 e. The smallest absolute Gasteiger partial charge is 0.157 e. The maximum absolute atomic E-state index is 12.0. The molecule has 0 fully saturated rings. The second-order valence-corrected chi connectivity index (χ2v) is 6.41. The molecule has 0 radical (unpaired) electrons. The summed E-state index contributed by atoms with van der Waals surface area (Å²) in [4.78, 5) is 18.6. The van der Waals surface area contributed by atoms with Crippen molar-refractivity contribution in [3.8, 4) is 0 Å². The van der Waals surface area contributed by atoms with Crippen molar-refractivity contribution in [3.05, 3.63) is 84.2 Å². The Hall–Kier alpha value is -2.94. The SMILES string of the molecule is O=C1C=C(N(Cc2ccccc2)c2ccc3ncccc3c2)CCC1. The number of carbonyl (C=O) groups excluding carboxylic acids is 1. The number of ketones is 1. The predicted molar refractivity (Wildman–Crippen MR) is 101 cm³/mol. The van der Waals surface area contributed by atoms with E-state index >= 15 is 0 Å². The Kier molecular flexibility index (Phi) is 4.30. The number of hydrogen-bond donors (Lipinski definition) is 0. The second kappa shape index (κ2) is 6.89. The van der Waals surface area contributed by atoms with Crippen molar-refractivity contribution in [1.82, 2.24) is 4.98 Å². The largest absolute Gasteiger partial charge is 0.341 e. The Morgan fingerprint density at radius 2 is 1.84 bits per heavy atom. The molecule has 0 atom stereocenters. The van der Waals surface area contributed by atoms with Gasteiger partial charge in [0.1, 0.15) is 0 Å². The number of nitrogens with zero attached hydrogens (tertiary/aromatic N) is 2. The Morgan fingerprint density at radius 1 is 0.960 bits per heavy atom. The van der Waals surface area contributed by atoms with Gasteiger partial charge in [0.2, 0.25) is 0 Å². The summed E-state index contributed by atoms with van der Waals surface area (Å²) < 4.78 is 0. The van der Waals surface area contributed by atoms with Crippen molar-refractivity contribution in [2.75, 3.05) is 4.90 Å². The number of hydrogen-bond acceptors (Lipinski definition) is 3. The van der Waals surface area contributed by atoms with Crippen LogP contribution in [0.2, 0.25) is 0 Å². The number of fused-ring (bicyclic) bond motifs is 1. The van der Waals surface area contributed by atoms with Gasteiger partial charge >= 0.3 is 0 Å². The first kappa shape index (κ1) is 15.6. The highest BCUT2D eigenvalue weighted by atomic mass is 16.1. The van der Waals surface area contributed by atoms with Crippen molar-refractivity contribution < 1.29 is 4.79 Å². The molecule has 3 aromatic rings. The Bertz CT molecular complexity index is 931. The summed E-state index contributed by atoms with van der Waals surface area (Å²) in [5, 5.41) is 1.11. The number of allylic oxidation sites excluding steroid dienone is 2. The third kappa shape index (κ3) is 3.45. The molecule has 1 heterocycles. The van der Waals surface area contributed by atoms with Crippen molar-refractivity contribution >= 4 is 22.4 Å². The molecule has 0 spiro atoms. The molecule has 1 aliphatic rings. The molecule has 0 N–H and O–H groups in total. The molecule has 0 amide bonds. The number of carbonyl (C=O) groups is 1. The van der Waals surface area contributed by atoms with Crippen LogP contribution < -0.4 is 4.90 Å². The molecule has 0 saturated heterocycles. The van der Waals surface area contributed by atoms with Crippen LogP contribution in [0.3, 0.4) is 0 Å². The number of aromatic nitrogens is 1. The Balaban J connectivity index is 1.76. The van der Waals surface area contributed by atoms with E-state index < -0.39 is 0 Å². The van der Waals surface area contributed by atoms with Crippen molar-refractivity contribution in [3.63, 3.8) is 0 Å². The molecule has 0 unspecified atom stereocenters. The van der Waals surface area contributed by atoms with Crippen molar-refractivity contribution in [2.24, 2.45) is 0 Å². The first-order valence-corrected chi connectivity index (χ1v) is 8.69. The minimum absolute atomic E-state index is 0.224. The van der Waals surface area contributed by atoms with Crippen molar-refractivity contribution in [1.29, 1.82) is 0 Å². The van der Waals surface area contributed by atoms with Gasteiger partial charge in [-0.3, -0.25) is 9.78 Å². The fourth-order valence-electron chi connectivity index (χ4n) is 3.34. The van der Waals surface area contributed by atoms with Gasteiger partial charge in [0.25, 0.3) is 0 Å². The Labute approximate surface area is 147 Å². The molecule has 0 saturated carbocycles. The van der Waals surface area contributed by atoms with Gasteiger partial charge < -0.3 is 4.90 Å². The van der Waals surface area contributed by atoms with Crippen LogP contribution >= 0.6 is 0 Å². The van der Waals surface area contributed by atoms with Crippen LogP contribution in [0, 0.1) is 0 Å². The van der Waals surface area contributed by atoms with Gasteiger partial charge in [0.05, 0.1) is 5.52 Å². The van der Waals surface area contributed by atoms with E-state index in [9.17, 15) is 4.79 Å². The van der Waals surface area contributed by atoms with Gasteiger partial charge in [0.15, 0.2) is 5.78 Å². The number of anilines is 1. The quantitative estimate of drug-likeness (QED) is 0.684. The van der Waals surface area contributed by atoms with Gasteiger partial charge in [-0.2, -0.15) is 0 Å². The molecule has 25 heavy (non-hydrogen) atoms. The summed E-state index contributed by atoms with van der Waals surface area (Å²) in [5.41, 5.74) is 4.42. The zero-order chi connectivity index (χ0) is 17.1.